The van der Waals surface area contributed by atoms with Gasteiger partial charge in [0.1, 0.15) is 16.4 Å². The van der Waals surface area contributed by atoms with Crippen LogP contribution < -0.4 is 0 Å². The number of halogens is 2. The summed E-state index contributed by atoms with van der Waals surface area (Å²) in [6.45, 7) is 4.26. The summed E-state index contributed by atoms with van der Waals surface area (Å²) >= 11 is 13.6. The van der Waals surface area contributed by atoms with Gasteiger partial charge in [-0.1, -0.05) is 48.4 Å². The van der Waals surface area contributed by atoms with Crippen LogP contribution in [0.25, 0.3) is 16.2 Å². The first kappa shape index (κ1) is 15.5. The summed E-state index contributed by atoms with van der Waals surface area (Å²) in [6.07, 6.45) is 1.63. The van der Waals surface area contributed by atoms with Gasteiger partial charge in [0.2, 0.25) is 4.96 Å². The van der Waals surface area contributed by atoms with E-state index in [0.29, 0.717) is 37.9 Å². The van der Waals surface area contributed by atoms with Crippen LogP contribution in [0.15, 0.2) is 18.2 Å². The van der Waals surface area contributed by atoms with E-state index in [0.717, 1.165) is 17.7 Å². The Bertz CT molecular complexity index is 854. The SMILES string of the molecule is CC(C)Cc1nn2c(C=O)c(-c3ccc(Cl)cc3Cl)nc2s1. The fourth-order valence-corrected chi connectivity index (χ4v) is 3.83. The zero-order valence-electron chi connectivity index (χ0n) is 12.0. The first-order chi connectivity index (χ1) is 10.5. The van der Waals surface area contributed by atoms with Gasteiger partial charge >= 0.3 is 0 Å². The molecule has 0 saturated heterocycles. The number of carbonyl (C=O) groups is 1. The van der Waals surface area contributed by atoms with E-state index in [4.69, 9.17) is 23.2 Å². The zero-order valence-corrected chi connectivity index (χ0v) is 14.3. The molecule has 0 N–H and O–H groups in total. The molecular formula is C15H13Cl2N3OS. The molecule has 22 heavy (non-hydrogen) atoms. The summed E-state index contributed by atoms with van der Waals surface area (Å²) < 4.78 is 1.59. The van der Waals surface area contributed by atoms with Crippen LogP contribution in [0.5, 0.6) is 0 Å². The van der Waals surface area contributed by atoms with Gasteiger partial charge in [-0.25, -0.2) is 4.98 Å². The molecule has 2 aromatic heterocycles. The van der Waals surface area contributed by atoms with Crippen molar-refractivity contribution in [2.45, 2.75) is 20.3 Å². The summed E-state index contributed by atoms with van der Waals surface area (Å²) in [5.41, 5.74) is 1.62. The van der Waals surface area contributed by atoms with E-state index in [-0.39, 0.29) is 0 Å². The summed E-state index contributed by atoms with van der Waals surface area (Å²) in [7, 11) is 0. The molecule has 4 nitrogen and oxygen atoms in total. The lowest BCUT2D eigenvalue weighted by Gasteiger charge is -2.02. The number of fused-ring (bicyclic) bond motifs is 1. The maximum Gasteiger partial charge on any atom is 0.213 e. The minimum absolute atomic E-state index is 0.408. The highest BCUT2D eigenvalue weighted by Crippen LogP contribution is 2.33. The third-order valence-electron chi connectivity index (χ3n) is 3.16. The first-order valence-electron chi connectivity index (χ1n) is 6.78. The van der Waals surface area contributed by atoms with Crippen molar-refractivity contribution in [1.29, 1.82) is 0 Å². The molecule has 0 bridgehead atoms. The molecule has 0 radical (unpaired) electrons. The highest BCUT2D eigenvalue weighted by Gasteiger charge is 2.19. The number of benzene rings is 1. The average Bonchev–Trinajstić information content (AvgIpc) is 2.94. The van der Waals surface area contributed by atoms with E-state index < -0.39 is 0 Å². The number of imidazole rings is 1. The number of aldehydes is 1. The zero-order chi connectivity index (χ0) is 15.9. The van der Waals surface area contributed by atoms with Gasteiger partial charge in [-0.2, -0.15) is 9.61 Å². The molecule has 0 spiro atoms. The highest BCUT2D eigenvalue weighted by atomic mass is 35.5. The first-order valence-corrected chi connectivity index (χ1v) is 8.36. The van der Waals surface area contributed by atoms with Crippen LogP contribution in [0.3, 0.4) is 0 Å². The molecule has 7 heteroatoms. The van der Waals surface area contributed by atoms with Crippen LogP contribution >= 0.6 is 34.5 Å². The van der Waals surface area contributed by atoms with Gasteiger partial charge in [-0.15, -0.1) is 0 Å². The molecule has 1 aromatic carbocycles. The van der Waals surface area contributed by atoms with Gasteiger partial charge in [0.05, 0.1) is 5.02 Å². The van der Waals surface area contributed by atoms with E-state index in [1.807, 2.05) is 0 Å². The number of nitrogens with zero attached hydrogens (tertiary/aromatic N) is 3. The number of hydrogen-bond acceptors (Lipinski definition) is 4. The van der Waals surface area contributed by atoms with Crippen molar-refractivity contribution >= 4 is 45.8 Å². The fourth-order valence-electron chi connectivity index (χ4n) is 2.22. The van der Waals surface area contributed by atoms with Crippen molar-refractivity contribution in [3.8, 4) is 11.3 Å². The lowest BCUT2D eigenvalue weighted by atomic mass is 10.1. The lowest BCUT2D eigenvalue weighted by molar-refractivity contribution is 0.111. The van der Waals surface area contributed by atoms with Gasteiger partial charge in [0, 0.05) is 17.0 Å². The average molecular weight is 354 g/mol. The van der Waals surface area contributed by atoms with E-state index in [2.05, 4.69) is 23.9 Å². The summed E-state index contributed by atoms with van der Waals surface area (Å²) in [6, 6.07) is 5.12. The van der Waals surface area contributed by atoms with Crippen molar-refractivity contribution in [2.24, 2.45) is 5.92 Å². The van der Waals surface area contributed by atoms with Crippen molar-refractivity contribution in [3.05, 3.63) is 38.9 Å². The standard InChI is InChI=1S/C15H13Cl2N3OS/c1-8(2)5-13-19-20-12(7-21)14(18-15(20)22-13)10-4-3-9(16)6-11(10)17/h3-4,6-8H,5H2,1-2H3. The minimum Gasteiger partial charge on any atom is -0.296 e. The van der Waals surface area contributed by atoms with Crippen LogP contribution in [0, 0.1) is 5.92 Å². The molecule has 0 amide bonds. The third-order valence-corrected chi connectivity index (χ3v) is 4.64. The Morgan fingerprint density at radius 2 is 2.14 bits per heavy atom. The Balaban J connectivity index is 2.14. The number of carbonyl (C=O) groups excluding carboxylic acids is 1. The van der Waals surface area contributed by atoms with Gasteiger partial charge in [-0.3, -0.25) is 4.79 Å². The molecule has 3 aromatic rings. The van der Waals surface area contributed by atoms with Crippen molar-refractivity contribution in [1.82, 2.24) is 14.6 Å². The second-order valence-corrected chi connectivity index (χ2v) is 7.26. The Kier molecular flexibility index (Phi) is 4.21. The Morgan fingerprint density at radius 1 is 1.36 bits per heavy atom. The van der Waals surface area contributed by atoms with Crippen molar-refractivity contribution in [3.63, 3.8) is 0 Å². The van der Waals surface area contributed by atoms with E-state index >= 15 is 0 Å². The highest BCUT2D eigenvalue weighted by molar-refractivity contribution is 7.16. The summed E-state index contributed by atoms with van der Waals surface area (Å²) in [5, 5.41) is 6.46. The molecule has 0 aliphatic rings. The van der Waals surface area contributed by atoms with Crippen LogP contribution in [0.1, 0.15) is 29.3 Å². The monoisotopic (exact) mass is 353 g/mol. The quantitative estimate of drug-likeness (QED) is 0.634. The third kappa shape index (κ3) is 2.76. The van der Waals surface area contributed by atoms with E-state index in [1.54, 1.807) is 22.7 Å². The molecule has 114 valence electrons. The number of hydrogen-bond donors (Lipinski definition) is 0. The Hall–Kier alpha value is -1.43. The fraction of sp³-hybridized carbons (Fsp3) is 0.267. The van der Waals surface area contributed by atoms with Gasteiger partial charge in [0.25, 0.3) is 0 Å². The second kappa shape index (κ2) is 5.99. The van der Waals surface area contributed by atoms with Crippen LogP contribution in [0.2, 0.25) is 10.0 Å². The molecule has 0 fully saturated rings. The normalized spacial score (nSPS) is 11.5. The van der Waals surface area contributed by atoms with Crippen LogP contribution in [-0.2, 0) is 6.42 Å². The van der Waals surface area contributed by atoms with Gasteiger partial charge in [-0.05, 0) is 24.1 Å². The smallest absolute Gasteiger partial charge is 0.213 e. The summed E-state index contributed by atoms with van der Waals surface area (Å²) in [5.74, 6) is 0.501. The number of rotatable bonds is 4. The lowest BCUT2D eigenvalue weighted by Crippen LogP contribution is -1.98. The van der Waals surface area contributed by atoms with Crippen molar-refractivity contribution < 1.29 is 4.79 Å². The van der Waals surface area contributed by atoms with Crippen LogP contribution in [-0.4, -0.2) is 20.9 Å². The van der Waals surface area contributed by atoms with Gasteiger partial charge < -0.3 is 0 Å². The molecule has 0 aliphatic carbocycles. The maximum atomic E-state index is 11.5. The molecule has 0 atom stereocenters. The predicted molar refractivity (Wildman–Crippen MR) is 90.2 cm³/mol. The summed E-state index contributed by atoms with van der Waals surface area (Å²) in [4.78, 5) is 16.7. The largest absolute Gasteiger partial charge is 0.296 e. The molecular weight excluding hydrogens is 341 g/mol. The Labute approximate surface area is 141 Å². The molecule has 0 aliphatic heterocycles. The number of aromatic nitrogens is 3. The molecule has 0 unspecified atom stereocenters. The van der Waals surface area contributed by atoms with E-state index in [1.165, 1.54) is 11.3 Å². The van der Waals surface area contributed by atoms with Crippen LogP contribution in [0.4, 0.5) is 0 Å². The maximum absolute atomic E-state index is 11.5. The molecule has 3 rings (SSSR count). The minimum atomic E-state index is 0.408. The van der Waals surface area contributed by atoms with Gasteiger partial charge in [0.15, 0.2) is 6.29 Å². The van der Waals surface area contributed by atoms with Crippen molar-refractivity contribution in [2.75, 3.05) is 0 Å². The molecule has 2 heterocycles. The predicted octanol–water partition coefficient (Wildman–Crippen LogP) is 4.78. The molecule has 0 saturated carbocycles. The second-order valence-electron chi connectivity index (χ2n) is 5.38. The topological polar surface area (TPSA) is 47.3 Å². The van der Waals surface area contributed by atoms with E-state index in [9.17, 15) is 4.79 Å². The Morgan fingerprint density at radius 3 is 2.77 bits per heavy atom.